The summed E-state index contributed by atoms with van der Waals surface area (Å²) >= 11 is 0.600. The highest BCUT2D eigenvalue weighted by Crippen LogP contribution is 2.34. The van der Waals surface area contributed by atoms with Crippen molar-refractivity contribution in [1.82, 2.24) is 10.2 Å². The highest BCUT2D eigenvalue weighted by molar-refractivity contribution is 7.11. The fraction of sp³-hybridized carbons (Fsp3) is 0.714. The third kappa shape index (κ3) is 2.40. The molecule has 1 rings (SSSR count). The van der Waals surface area contributed by atoms with Crippen LogP contribution in [0.4, 0.5) is 13.2 Å². The standard InChI is InChI=1S/C7H9F3N2S/c1-6(2,3)4-11-12-5(13-4)7(8,9)10/h1-3H3. The van der Waals surface area contributed by atoms with Crippen LogP contribution >= 0.6 is 11.3 Å². The van der Waals surface area contributed by atoms with Crippen molar-refractivity contribution < 1.29 is 13.2 Å². The summed E-state index contributed by atoms with van der Waals surface area (Å²) in [4.78, 5) is 0. The molecule has 1 heterocycles. The lowest BCUT2D eigenvalue weighted by atomic mass is 9.98. The van der Waals surface area contributed by atoms with Gasteiger partial charge in [-0.3, -0.25) is 0 Å². The molecule has 0 bridgehead atoms. The van der Waals surface area contributed by atoms with E-state index in [-0.39, 0.29) is 5.41 Å². The molecule has 0 saturated carbocycles. The van der Waals surface area contributed by atoms with Gasteiger partial charge < -0.3 is 0 Å². The van der Waals surface area contributed by atoms with Crippen LogP contribution in [0.5, 0.6) is 0 Å². The topological polar surface area (TPSA) is 25.8 Å². The number of rotatable bonds is 0. The molecule has 0 saturated heterocycles. The number of hydrogen-bond donors (Lipinski definition) is 0. The Morgan fingerprint density at radius 2 is 1.46 bits per heavy atom. The average Bonchev–Trinajstić information content (AvgIpc) is 2.28. The second kappa shape index (κ2) is 2.94. The first kappa shape index (κ1) is 10.4. The molecule has 0 aromatic carbocycles. The molecule has 0 aliphatic rings. The number of hydrogen-bond acceptors (Lipinski definition) is 3. The maximum absolute atomic E-state index is 12.1. The van der Waals surface area contributed by atoms with E-state index in [0.717, 1.165) is 0 Å². The van der Waals surface area contributed by atoms with E-state index in [1.165, 1.54) is 0 Å². The predicted octanol–water partition coefficient (Wildman–Crippen LogP) is 2.85. The Morgan fingerprint density at radius 3 is 1.69 bits per heavy atom. The summed E-state index contributed by atoms with van der Waals surface area (Å²) < 4.78 is 36.3. The number of halogens is 3. The third-order valence-electron chi connectivity index (χ3n) is 1.31. The number of nitrogens with zero attached hydrogens (tertiary/aromatic N) is 2. The third-order valence-corrected chi connectivity index (χ3v) is 2.70. The van der Waals surface area contributed by atoms with Crippen molar-refractivity contribution in [3.8, 4) is 0 Å². The molecular formula is C7H9F3N2S. The van der Waals surface area contributed by atoms with Gasteiger partial charge in [0.2, 0.25) is 5.01 Å². The molecule has 2 nitrogen and oxygen atoms in total. The van der Waals surface area contributed by atoms with Gasteiger partial charge in [-0.25, -0.2) is 0 Å². The molecule has 6 heteroatoms. The molecule has 0 fully saturated rings. The second-order valence-corrected chi connectivity index (χ2v) is 4.64. The van der Waals surface area contributed by atoms with Gasteiger partial charge in [0.05, 0.1) is 0 Å². The van der Waals surface area contributed by atoms with Crippen molar-refractivity contribution in [2.24, 2.45) is 0 Å². The monoisotopic (exact) mass is 210 g/mol. The second-order valence-electron chi connectivity index (χ2n) is 3.66. The Balaban J connectivity index is 3.01. The minimum absolute atomic E-state index is 0.374. The van der Waals surface area contributed by atoms with Crippen LogP contribution in [0, 0.1) is 0 Å². The van der Waals surface area contributed by atoms with Gasteiger partial charge in [-0.2, -0.15) is 13.2 Å². The molecule has 13 heavy (non-hydrogen) atoms. The van der Waals surface area contributed by atoms with Crippen LogP contribution in [0.15, 0.2) is 0 Å². The van der Waals surface area contributed by atoms with Crippen LogP contribution < -0.4 is 0 Å². The van der Waals surface area contributed by atoms with Gasteiger partial charge in [-0.15, -0.1) is 10.2 Å². The van der Waals surface area contributed by atoms with Crippen molar-refractivity contribution in [2.75, 3.05) is 0 Å². The molecule has 0 unspecified atom stereocenters. The Bertz CT molecular complexity index is 269. The number of alkyl halides is 3. The normalized spacial score (nSPS) is 13.4. The molecular weight excluding hydrogens is 201 g/mol. The zero-order chi connectivity index (χ0) is 10.3. The van der Waals surface area contributed by atoms with Crippen LogP contribution in [0.3, 0.4) is 0 Å². The van der Waals surface area contributed by atoms with Gasteiger partial charge in [0, 0.05) is 5.41 Å². The van der Waals surface area contributed by atoms with Crippen LogP contribution in [0.2, 0.25) is 0 Å². The van der Waals surface area contributed by atoms with Gasteiger partial charge in [-0.1, -0.05) is 32.1 Å². The molecule has 0 aliphatic heterocycles. The maximum atomic E-state index is 12.1. The smallest absolute Gasteiger partial charge is 0.164 e. The highest BCUT2D eigenvalue weighted by Gasteiger charge is 2.36. The Hall–Kier alpha value is -0.650. The molecule has 1 aromatic heterocycles. The van der Waals surface area contributed by atoms with E-state index >= 15 is 0 Å². The highest BCUT2D eigenvalue weighted by atomic mass is 32.1. The Morgan fingerprint density at radius 1 is 1.00 bits per heavy atom. The van der Waals surface area contributed by atoms with E-state index < -0.39 is 11.2 Å². The predicted molar refractivity (Wildman–Crippen MR) is 43.6 cm³/mol. The van der Waals surface area contributed by atoms with Crippen molar-refractivity contribution in [1.29, 1.82) is 0 Å². The summed E-state index contributed by atoms with van der Waals surface area (Å²) in [5.74, 6) is 0. The SMILES string of the molecule is CC(C)(C)c1nnc(C(F)(F)F)s1. The fourth-order valence-corrected chi connectivity index (χ4v) is 1.41. The van der Waals surface area contributed by atoms with E-state index in [4.69, 9.17) is 0 Å². The molecule has 0 radical (unpaired) electrons. The summed E-state index contributed by atoms with van der Waals surface area (Å²) in [6.07, 6.45) is -4.37. The summed E-state index contributed by atoms with van der Waals surface area (Å²) in [5, 5.41) is 6.13. The molecule has 0 atom stereocenters. The molecule has 74 valence electrons. The Labute approximate surface area is 77.8 Å². The van der Waals surface area contributed by atoms with Crippen molar-refractivity contribution in [3.05, 3.63) is 10.0 Å². The van der Waals surface area contributed by atoms with E-state index in [1.807, 2.05) is 0 Å². The molecule has 0 aliphatic carbocycles. The van der Waals surface area contributed by atoms with Crippen LogP contribution in [-0.4, -0.2) is 10.2 Å². The lowest BCUT2D eigenvalue weighted by Crippen LogP contribution is -2.10. The van der Waals surface area contributed by atoms with E-state index in [9.17, 15) is 13.2 Å². The van der Waals surface area contributed by atoms with Gasteiger partial charge >= 0.3 is 6.18 Å². The van der Waals surface area contributed by atoms with Crippen LogP contribution in [0.25, 0.3) is 0 Å². The van der Waals surface area contributed by atoms with E-state index in [1.54, 1.807) is 20.8 Å². The lowest BCUT2D eigenvalue weighted by molar-refractivity contribution is -0.138. The van der Waals surface area contributed by atoms with Gasteiger partial charge in [0.25, 0.3) is 0 Å². The average molecular weight is 210 g/mol. The summed E-state index contributed by atoms with van der Waals surface area (Å²) in [5.41, 5.74) is -0.374. The van der Waals surface area contributed by atoms with Gasteiger partial charge in [0.1, 0.15) is 5.01 Å². The summed E-state index contributed by atoms with van der Waals surface area (Å²) in [7, 11) is 0. The van der Waals surface area contributed by atoms with Crippen molar-refractivity contribution >= 4 is 11.3 Å². The summed E-state index contributed by atoms with van der Waals surface area (Å²) in [6, 6.07) is 0. The zero-order valence-electron chi connectivity index (χ0n) is 7.44. The van der Waals surface area contributed by atoms with Crippen molar-refractivity contribution in [2.45, 2.75) is 32.4 Å². The minimum Gasteiger partial charge on any atom is -0.164 e. The van der Waals surface area contributed by atoms with Crippen molar-refractivity contribution in [3.63, 3.8) is 0 Å². The molecule has 0 spiro atoms. The first-order valence-electron chi connectivity index (χ1n) is 3.62. The zero-order valence-corrected chi connectivity index (χ0v) is 8.25. The van der Waals surface area contributed by atoms with E-state index in [2.05, 4.69) is 10.2 Å². The lowest BCUT2D eigenvalue weighted by Gasteiger charge is -2.12. The van der Waals surface area contributed by atoms with Crippen LogP contribution in [0.1, 0.15) is 30.8 Å². The quantitative estimate of drug-likeness (QED) is 0.658. The Kier molecular flexibility index (Phi) is 2.36. The molecule has 1 aromatic rings. The minimum atomic E-state index is -4.37. The maximum Gasteiger partial charge on any atom is 0.445 e. The molecule has 0 N–H and O–H groups in total. The van der Waals surface area contributed by atoms with Gasteiger partial charge in [0.15, 0.2) is 0 Å². The van der Waals surface area contributed by atoms with E-state index in [0.29, 0.717) is 16.3 Å². The first-order valence-corrected chi connectivity index (χ1v) is 4.44. The van der Waals surface area contributed by atoms with Crippen LogP contribution in [-0.2, 0) is 11.6 Å². The fourth-order valence-electron chi connectivity index (χ4n) is 0.641. The molecule has 0 amide bonds. The van der Waals surface area contributed by atoms with Gasteiger partial charge in [-0.05, 0) is 0 Å². The largest absolute Gasteiger partial charge is 0.445 e. The number of aromatic nitrogens is 2. The first-order chi connectivity index (χ1) is 5.71. The summed E-state index contributed by atoms with van der Waals surface area (Å²) in [6.45, 7) is 5.40.